The van der Waals surface area contributed by atoms with Gasteiger partial charge in [-0.15, -0.1) is 0 Å². The third-order valence-electron chi connectivity index (χ3n) is 4.44. The maximum absolute atomic E-state index is 8.83. The first-order valence-electron chi connectivity index (χ1n) is 14.6. The molecular formula is C24H14BrN. The number of fused-ring (bicyclic) bond motifs is 3. The quantitative estimate of drug-likeness (QED) is 0.251. The summed E-state index contributed by atoms with van der Waals surface area (Å²) in [7, 11) is 0. The molecule has 0 saturated heterocycles. The van der Waals surface area contributed by atoms with Crippen LogP contribution in [-0.2, 0) is 0 Å². The maximum Gasteiger partial charge on any atom is 0.0689 e. The van der Waals surface area contributed by atoms with Gasteiger partial charge in [0.2, 0.25) is 0 Å². The largest absolute Gasteiger partial charge is 0.308 e. The molecule has 0 atom stereocenters. The third kappa shape index (κ3) is 1.70. The standard InChI is InChI=1S/C24H14BrN/c25-20-14-13-19-17-10-5-4-9-16(17)18-11-6-12-21-22(18)23(19)24(20)26(21)15-7-2-1-3-8-15/h1-14H/i1D,2D,3D,4D,5D,6D,7D,8D,9D,10D,11D,12D,13D,14D. The molecule has 0 unspecified atom stereocenters. The Hall–Kier alpha value is -2.84. The highest BCUT2D eigenvalue weighted by atomic mass is 79.9. The zero-order valence-electron chi connectivity index (χ0n) is 26.8. The van der Waals surface area contributed by atoms with Gasteiger partial charge in [0, 0.05) is 20.9 Å². The summed E-state index contributed by atoms with van der Waals surface area (Å²) in [5.74, 6) is 0. The fourth-order valence-corrected chi connectivity index (χ4v) is 3.96. The van der Waals surface area contributed by atoms with E-state index in [-0.39, 0.29) is 47.8 Å². The highest BCUT2D eigenvalue weighted by molar-refractivity contribution is 9.10. The summed E-state index contributed by atoms with van der Waals surface area (Å²) in [6.45, 7) is 0. The van der Waals surface area contributed by atoms with Crippen LogP contribution in [-0.4, -0.2) is 4.57 Å². The van der Waals surface area contributed by atoms with Gasteiger partial charge in [0.1, 0.15) is 0 Å². The van der Waals surface area contributed by atoms with Crippen molar-refractivity contribution in [3.8, 4) is 5.69 Å². The average molecular weight is 410 g/mol. The Morgan fingerprint density at radius 1 is 0.615 bits per heavy atom. The van der Waals surface area contributed by atoms with Gasteiger partial charge in [0.15, 0.2) is 0 Å². The number of para-hydroxylation sites is 1. The molecule has 0 aliphatic carbocycles. The van der Waals surface area contributed by atoms with Crippen LogP contribution in [0.15, 0.2) is 89.1 Å². The summed E-state index contributed by atoms with van der Waals surface area (Å²) in [5.41, 5.74) is -0.547. The van der Waals surface area contributed by atoms with Gasteiger partial charge in [-0.3, -0.25) is 0 Å². The summed E-state index contributed by atoms with van der Waals surface area (Å²) < 4.78 is 120. The van der Waals surface area contributed by atoms with E-state index in [9.17, 15) is 0 Å². The Balaban J connectivity index is 2.15. The van der Waals surface area contributed by atoms with E-state index in [1.165, 1.54) is 0 Å². The van der Waals surface area contributed by atoms with Gasteiger partial charge in [-0.05, 0) is 61.6 Å². The lowest BCUT2D eigenvalue weighted by atomic mass is 9.94. The Labute approximate surface area is 178 Å². The van der Waals surface area contributed by atoms with Crippen LogP contribution < -0.4 is 0 Å². The van der Waals surface area contributed by atoms with Gasteiger partial charge < -0.3 is 4.57 Å². The van der Waals surface area contributed by atoms with E-state index in [1.54, 1.807) is 0 Å². The minimum absolute atomic E-state index is 0.00217. The van der Waals surface area contributed by atoms with Crippen molar-refractivity contribution in [2.45, 2.75) is 0 Å². The molecule has 1 nitrogen and oxygen atoms in total. The Bertz CT molecular complexity index is 2020. The molecule has 26 heavy (non-hydrogen) atoms. The lowest BCUT2D eigenvalue weighted by Crippen LogP contribution is -1.93. The van der Waals surface area contributed by atoms with Crippen molar-refractivity contribution in [3.05, 3.63) is 89.1 Å². The van der Waals surface area contributed by atoms with Gasteiger partial charge in [0.05, 0.1) is 30.2 Å². The van der Waals surface area contributed by atoms with Crippen molar-refractivity contribution in [3.63, 3.8) is 0 Å². The zero-order chi connectivity index (χ0) is 29.4. The monoisotopic (exact) mass is 409 g/mol. The minimum atomic E-state index is -0.668. The second-order valence-electron chi connectivity index (χ2n) is 5.70. The number of benzene rings is 5. The van der Waals surface area contributed by atoms with Crippen molar-refractivity contribution in [1.29, 1.82) is 0 Å². The molecule has 6 rings (SSSR count). The van der Waals surface area contributed by atoms with E-state index in [0.29, 0.717) is 0 Å². The normalized spacial score (nSPS) is 19.6. The predicted molar refractivity (Wildman–Crippen MR) is 115 cm³/mol. The fourth-order valence-electron chi connectivity index (χ4n) is 3.48. The Morgan fingerprint density at radius 3 is 2.04 bits per heavy atom. The van der Waals surface area contributed by atoms with Crippen molar-refractivity contribution in [2.75, 3.05) is 0 Å². The Kier molecular flexibility index (Phi) is 1.25. The van der Waals surface area contributed by atoms with Gasteiger partial charge >= 0.3 is 0 Å². The van der Waals surface area contributed by atoms with Crippen LogP contribution >= 0.6 is 15.9 Å². The Morgan fingerprint density at radius 2 is 1.27 bits per heavy atom. The SMILES string of the molecule is [2H]c1c([2H])c([2H])c(-n2c3c([2H])c([2H])c([2H])c4c5c([2H])c([2H])c([2H])c([2H])c5c5c([2H])c([2H])c(Br)c2c5c43)c([2H])c1[2H]. The summed E-state index contributed by atoms with van der Waals surface area (Å²) in [6.07, 6.45) is 0. The van der Waals surface area contributed by atoms with Crippen LogP contribution in [0.2, 0.25) is 0 Å². The molecule has 0 saturated carbocycles. The number of hydrogen-bond donors (Lipinski definition) is 0. The van der Waals surface area contributed by atoms with E-state index in [2.05, 4.69) is 15.9 Å². The summed E-state index contributed by atoms with van der Waals surface area (Å²) in [6, 6.07) is -8.03. The number of halogens is 1. The molecule has 0 spiro atoms. The first-order valence-corrected chi connectivity index (χ1v) is 8.40. The lowest BCUT2D eigenvalue weighted by Gasteiger charge is -2.09. The first-order chi connectivity index (χ1) is 18.7. The molecule has 0 aliphatic heterocycles. The number of hydrogen-bond acceptors (Lipinski definition) is 0. The molecule has 5 aromatic carbocycles. The van der Waals surface area contributed by atoms with Crippen LogP contribution in [0.4, 0.5) is 0 Å². The molecule has 0 fully saturated rings. The summed E-state index contributed by atoms with van der Waals surface area (Å²) >= 11 is 3.31. The summed E-state index contributed by atoms with van der Waals surface area (Å²) in [4.78, 5) is 0. The minimum Gasteiger partial charge on any atom is -0.308 e. The molecule has 0 bridgehead atoms. The van der Waals surface area contributed by atoms with E-state index < -0.39 is 90.3 Å². The van der Waals surface area contributed by atoms with Crippen LogP contribution in [0.25, 0.3) is 49.0 Å². The molecule has 6 aromatic rings. The third-order valence-corrected chi connectivity index (χ3v) is 5.02. The number of aromatic nitrogens is 1. The fraction of sp³-hybridized carbons (Fsp3) is 0. The molecule has 0 amide bonds. The van der Waals surface area contributed by atoms with Crippen molar-refractivity contribution in [2.24, 2.45) is 0 Å². The summed E-state index contributed by atoms with van der Waals surface area (Å²) in [5, 5.41) is -0.354. The maximum atomic E-state index is 8.83. The highest BCUT2D eigenvalue weighted by Crippen LogP contribution is 2.45. The predicted octanol–water partition coefficient (Wildman–Crippen LogP) is 7.29. The second kappa shape index (κ2) is 5.09. The van der Waals surface area contributed by atoms with E-state index in [0.717, 1.165) is 4.57 Å². The van der Waals surface area contributed by atoms with E-state index in [4.69, 9.17) is 19.2 Å². The molecule has 1 heterocycles. The van der Waals surface area contributed by atoms with Gasteiger partial charge in [0.25, 0.3) is 0 Å². The molecular weight excluding hydrogens is 382 g/mol. The molecule has 0 radical (unpaired) electrons. The van der Waals surface area contributed by atoms with Crippen LogP contribution in [0.1, 0.15) is 19.2 Å². The van der Waals surface area contributed by atoms with Crippen molar-refractivity contribution < 1.29 is 19.2 Å². The molecule has 1 aromatic heterocycles. The number of nitrogens with zero attached hydrogens (tertiary/aromatic N) is 1. The highest BCUT2D eigenvalue weighted by Gasteiger charge is 2.20. The lowest BCUT2D eigenvalue weighted by molar-refractivity contribution is 1.18. The zero-order valence-corrected chi connectivity index (χ0v) is 14.4. The molecule has 0 N–H and O–H groups in total. The topological polar surface area (TPSA) is 4.93 Å². The van der Waals surface area contributed by atoms with Crippen molar-refractivity contribution in [1.82, 2.24) is 4.57 Å². The van der Waals surface area contributed by atoms with E-state index >= 15 is 0 Å². The first kappa shape index (κ1) is 6.40. The molecule has 122 valence electrons. The second-order valence-corrected chi connectivity index (χ2v) is 6.49. The van der Waals surface area contributed by atoms with Crippen LogP contribution in [0.5, 0.6) is 0 Å². The smallest absolute Gasteiger partial charge is 0.0689 e. The molecule has 2 heteroatoms. The average Bonchev–Trinajstić information content (AvgIpc) is 3.27. The van der Waals surface area contributed by atoms with E-state index in [1.807, 2.05) is 0 Å². The van der Waals surface area contributed by atoms with Crippen molar-refractivity contribution >= 4 is 59.3 Å². The number of rotatable bonds is 1. The van der Waals surface area contributed by atoms with Gasteiger partial charge in [-0.25, -0.2) is 0 Å². The van der Waals surface area contributed by atoms with Crippen LogP contribution in [0, 0.1) is 0 Å². The van der Waals surface area contributed by atoms with Crippen LogP contribution in [0.3, 0.4) is 0 Å². The van der Waals surface area contributed by atoms with Gasteiger partial charge in [-0.2, -0.15) is 0 Å². The van der Waals surface area contributed by atoms with Gasteiger partial charge in [-0.1, -0.05) is 60.4 Å². The molecule has 0 aliphatic rings.